The van der Waals surface area contributed by atoms with E-state index in [1.54, 1.807) is 7.05 Å². The molecule has 1 aromatic carbocycles. The Hall–Kier alpha value is -2.97. The average Bonchev–Trinajstić information content (AvgIpc) is 2.65. The van der Waals surface area contributed by atoms with Gasteiger partial charge in [0.15, 0.2) is 11.6 Å². The van der Waals surface area contributed by atoms with Gasteiger partial charge in [-0.3, -0.25) is 18.7 Å². The molecule has 0 bridgehead atoms. The summed E-state index contributed by atoms with van der Waals surface area (Å²) in [6.07, 6.45) is 0. The molecule has 0 N–H and O–H groups in total. The van der Waals surface area contributed by atoms with Gasteiger partial charge in [0.2, 0.25) is 0 Å². The molecule has 9 heteroatoms. The number of nitrogens with zero attached hydrogens (tertiary/aromatic N) is 4. The van der Waals surface area contributed by atoms with Crippen molar-refractivity contribution in [1.82, 2.24) is 14.0 Å². The topological polar surface area (TPSA) is 67.5 Å². The van der Waals surface area contributed by atoms with Crippen LogP contribution in [0.4, 0.5) is 14.6 Å². The summed E-state index contributed by atoms with van der Waals surface area (Å²) in [5.41, 5.74) is -0.741. The van der Waals surface area contributed by atoms with Crippen molar-refractivity contribution in [3.63, 3.8) is 0 Å². The van der Waals surface area contributed by atoms with Crippen LogP contribution in [0, 0.1) is 11.6 Å². The van der Waals surface area contributed by atoms with Crippen LogP contribution < -0.4 is 16.1 Å². The number of hydrogen-bond donors (Lipinski definition) is 0. The van der Waals surface area contributed by atoms with Gasteiger partial charge in [0.1, 0.15) is 5.82 Å². The second-order valence-corrected chi connectivity index (χ2v) is 6.15. The van der Waals surface area contributed by atoms with Crippen LogP contribution in [0.5, 0.6) is 0 Å². The van der Waals surface area contributed by atoms with Crippen LogP contribution in [0.3, 0.4) is 0 Å². The predicted octanol–water partition coefficient (Wildman–Crippen LogP) is 0.325. The van der Waals surface area contributed by atoms with Gasteiger partial charge in [0.05, 0.1) is 0 Å². The number of piperazine rings is 1. The molecule has 2 heterocycles. The van der Waals surface area contributed by atoms with E-state index in [0.29, 0.717) is 32.0 Å². The smallest absolute Gasteiger partial charge is 0.332 e. The number of carbonyl (C=O) groups excluding carboxylic acids is 1. The summed E-state index contributed by atoms with van der Waals surface area (Å²) in [6, 6.07) is 4.44. The first-order valence-electron chi connectivity index (χ1n) is 8.06. The van der Waals surface area contributed by atoms with Gasteiger partial charge in [-0.2, -0.15) is 0 Å². The van der Waals surface area contributed by atoms with Crippen molar-refractivity contribution in [3.05, 3.63) is 62.3 Å². The summed E-state index contributed by atoms with van der Waals surface area (Å²) >= 11 is 0. The molecule has 0 spiro atoms. The third kappa shape index (κ3) is 3.12. The zero-order valence-electron chi connectivity index (χ0n) is 14.4. The maximum absolute atomic E-state index is 13.3. The Morgan fingerprint density at radius 1 is 0.923 bits per heavy atom. The van der Waals surface area contributed by atoms with E-state index in [2.05, 4.69) is 0 Å². The average molecular weight is 364 g/mol. The van der Waals surface area contributed by atoms with E-state index in [4.69, 9.17) is 0 Å². The van der Waals surface area contributed by atoms with Crippen molar-refractivity contribution >= 4 is 11.7 Å². The number of benzene rings is 1. The fourth-order valence-corrected chi connectivity index (χ4v) is 2.98. The molecule has 1 aliphatic rings. The SMILES string of the molecule is Cn1c(N2CCN(C(=O)c3ccc(F)c(F)c3)CC2)cc(=O)n(C)c1=O. The molecule has 0 aliphatic carbocycles. The second kappa shape index (κ2) is 6.74. The maximum Gasteiger partial charge on any atom is 0.332 e. The number of hydrogen-bond acceptors (Lipinski definition) is 4. The molecule has 1 fully saturated rings. The molecule has 1 saturated heterocycles. The Morgan fingerprint density at radius 3 is 2.19 bits per heavy atom. The Bertz CT molecular complexity index is 975. The molecule has 138 valence electrons. The van der Waals surface area contributed by atoms with Gasteiger partial charge in [-0.15, -0.1) is 0 Å². The quantitative estimate of drug-likeness (QED) is 0.770. The van der Waals surface area contributed by atoms with E-state index >= 15 is 0 Å². The van der Waals surface area contributed by atoms with Crippen LogP contribution in [0.25, 0.3) is 0 Å². The van der Waals surface area contributed by atoms with E-state index in [1.165, 1.54) is 28.6 Å². The zero-order chi connectivity index (χ0) is 19.0. The fourth-order valence-electron chi connectivity index (χ4n) is 2.98. The van der Waals surface area contributed by atoms with Crippen molar-refractivity contribution in [2.24, 2.45) is 14.1 Å². The number of aromatic nitrogens is 2. The summed E-state index contributed by atoms with van der Waals surface area (Å²) in [5.74, 6) is -1.97. The monoisotopic (exact) mass is 364 g/mol. The highest BCUT2D eigenvalue weighted by molar-refractivity contribution is 5.94. The number of halogens is 2. The molecule has 26 heavy (non-hydrogen) atoms. The van der Waals surface area contributed by atoms with Gasteiger partial charge < -0.3 is 9.80 Å². The van der Waals surface area contributed by atoms with Gasteiger partial charge in [0.25, 0.3) is 11.5 Å². The van der Waals surface area contributed by atoms with Gasteiger partial charge in [-0.1, -0.05) is 0 Å². The van der Waals surface area contributed by atoms with Gasteiger partial charge in [-0.05, 0) is 18.2 Å². The third-order valence-corrected chi connectivity index (χ3v) is 4.56. The van der Waals surface area contributed by atoms with Crippen molar-refractivity contribution in [3.8, 4) is 0 Å². The number of anilines is 1. The molecule has 2 aromatic rings. The van der Waals surface area contributed by atoms with Crippen LogP contribution in [0.1, 0.15) is 10.4 Å². The van der Waals surface area contributed by atoms with Gasteiger partial charge in [0, 0.05) is 51.9 Å². The summed E-state index contributed by atoms with van der Waals surface area (Å²) < 4.78 is 28.7. The standard InChI is InChI=1S/C17H18F2N4O3/c1-20-14(10-15(24)21(2)17(20)26)22-5-7-23(8-6-22)16(25)11-3-4-12(18)13(19)9-11/h3-4,9-10H,5-8H2,1-2H3. The number of amides is 1. The molecule has 1 aliphatic heterocycles. The summed E-state index contributed by atoms with van der Waals surface area (Å²) in [6.45, 7) is 1.49. The van der Waals surface area contributed by atoms with E-state index in [9.17, 15) is 23.2 Å². The molecule has 1 aromatic heterocycles. The minimum atomic E-state index is -1.07. The predicted molar refractivity (Wildman–Crippen MR) is 91.4 cm³/mol. The normalized spacial score (nSPS) is 14.6. The van der Waals surface area contributed by atoms with Crippen LogP contribution in [0.2, 0.25) is 0 Å². The lowest BCUT2D eigenvalue weighted by atomic mass is 10.1. The Balaban J connectivity index is 1.75. The maximum atomic E-state index is 13.3. The van der Waals surface area contributed by atoms with Crippen molar-refractivity contribution in [2.75, 3.05) is 31.1 Å². The van der Waals surface area contributed by atoms with E-state index in [-0.39, 0.29) is 11.5 Å². The molecule has 7 nitrogen and oxygen atoms in total. The van der Waals surface area contributed by atoms with Crippen molar-refractivity contribution < 1.29 is 13.6 Å². The molecule has 0 unspecified atom stereocenters. The van der Waals surface area contributed by atoms with E-state index in [1.807, 2.05) is 4.90 Å². The zero-order valence-corrected chi connectivity index (χ0v) is 14.4. The first-order valence-corrected chi connectivity index (χ1v) is 8.06. The molecule has 0 atom stereocenters. The molecule has 0 saturated carbocycles. The lowest BCUT2D eigenvalue weighted by Crippen LogP contribution is -2.51. The molecule has 0 radical (unpaired) electrons. The number of carbonyl (C=O) groups is 1. The fraction of sp³-hybridized carbons (Fsp3) is 0.353. The third-order valence-electron chi connectivity index (χ3n) is 4.56. The van der Waals surface area contributed by atoms with Gasteiger partial charge >= 0.3 is 5.69 Å². The Kier molecular flexibility index (Phi) is 4.62. The van der Waals surface area contributed by atoms with Crippen LogP contribution >= 0.6 is 0 Å². The minimum Gasteiger partial charge on any atom is -0.354 e. The Morgan fingerprint density at radius 2 is 1.58 bits per heavy atom. The van der Waals surface area contributed by atoms with E-state index < -0.39 is 22.9 Å². The first kappa shape index (κ1) is 17.8. The summed E-state index contributed by atoms with van der Waals surface area (Å²) in [7, 11) is 2.99. The number of rotatable bonds is 2. The lowest BCUT2D eigenvalue weighted by Gasteiger charge is -2.36. The lowest BCUT2D eigenvalue weighted by molar-refractivity contribution is 0.0745. The van der Waals surface area contributed by atoms with Crippen LogP contribution in [-0.2, 0) is 14.1 Å². The highest BCUT2D eigenvalue weighted by atomic mass is 19.2. The van der Waals surface area contributed by atoms with Crippen LogP contribution in [0.15, 0.2) is 33.9 Å². The van der Waals surface area contributed by atoms with E-state index in [0.717, 1.165) is 16.7 Å². The first-order chi connectivity index (χ1) is 12.3. The molecular weight excluding hydrogens is 346 g/mol. The minimum absolute atomic E-state index is 0.0818. The van der Waals surface area contributed by atoms with Crippen molar-refractivity contribution in [1.29, 1.82) is 0 Å². The highest BCUT2D eigenvalue weighted by Gasteiger charge is 2.24. The molecule has 3 rings (SSSR count). The molecular formula is C17H18F2N4O3. The summed E-state index contributed by atoms with van der Waals surface area (Å²) in [4.78, 5) is 39.7. The van der Waals surface area contributed by atoms with Gasteiger partial charge in [-0.25, -0.2) is 13.6 Å². The van der Waals surface area contributed by atoms with Crippen molar-refractivity contribution in [2.45, 2.75) is 0 Å². The summed E-state index contributed by atoms with van der Waals surface area (Å²) in [5, 5.41) is 0. The molecule has 1 amide bonds. The Labute approximate surface area is 147 Å². The van der Waals surface area contributed by atoms with Crippen LogP contribution in [-0.4, -0.2) is 46.1 Å². The largest absolute Gasteiger partial charge is 0.354 e. The second-order valence-electron chi connectivity index (χ2n) is 6.15. The highest BCUT2D eigenvalue weighted by Crippen LogP contribution is 2.16.